The van der Waals surface area contributed by atoms with Crippen molar-refractivity contribution in [1.29, 1.82) is 0 Å². The van der Waals surface area contributed by atoms with E-state index in [0.717, 1.165) is 16.7 Å². The molecule has 0 saturated heterocycles. The SMILES string of the molecule is COc1ccc(Cl)c(C(CCC(=O)O)C(=O)c2ccc(F)cc2)c1.COc1ccc(Cl)c(C2=C(c3ccc(F)cc3)NC(=O)CC2)c1. The number of rotatable bonds is 10. The van der Waals surface area contributed by atoms with Crippen LogP contribution in [-0.4, -0.2) is 37.0 Å². The molecule has 0 saturated carbocycles. The van der Waals surface area contributed by atoms with E-state index in [1.165, 1.54) is 43.5 Å². The van der Waals surface area contributed by atoms with Crippen molar-refractivity contribution in [1.82, 2.24) is 5.32 Å². The zero-order valence-electron chi connectivity index (χ0n) is 25.5. The average Bonchev–Trinajstić information content (AvgIpc) is 3.06. The first-order chi connectivity index (χ1) is 22.5. The van der Waals surface area contributed by atoms with Gasteiger partial charge in [0.05, 0.1) is 19.9 Å². The zero-order chi connectivity index (χ0) is 34.1. The zero-order valence-corrected chi connectivity index (χ0v) is 27.0. The number of hydrogen-bond donors (Lipinski definition) is 2. The van der Waals surface area contributed by atoms with Gasteiger partial charge in [0, 0.05) is 39.9 Å². The summed E-state index contributed by atoms with van der Waals surface area (Å²) >= 11 is 12.5. The number of nitrogens with one attached hydrogen (secondary N) is 1. The molecular weight excluding hydrogens is 651 g/mol. The third-order valence-electron chi connectivity index (χ3n) is 7.47. The molecule has 5 rings (SSSR count). The molecule has 0 spiro atoms. The fraction of sp³-hybridized carbons (Fsp3) is 0.194. The predicted octanol–water partition coefficient (Wildman–Crippen LogP) is 8.59. The minimum atomic E-state index is -1.01. The number of ketones is 1. The predicted molar refractivity (Wildman–Crippen MR) is 177 cm³/mol. The Balaban J connectivity index is 0.000000213. The van der Waals surface area contributed by atoms with Crippen LogP contribution in [0.5, 0.6) is 11.5 Å². The Morgan fingerprint density at radius 2 is 1.40 bits per heavy atom. The topological polar surface area (TPSA) is 102 Å². The molecule has 47 heavy (non-hydrogen) atoms. The van der Waals surface area contributed by atoms with Crippen LogP contribution in [0.25, 0.3) is 11.3 Å². The summed E-state index contributed by atoms with van der Waals surface area (Å²) in [5, 5.41) is 12.8. The highest BCUT2D eigenvalue weighted by Crippen LogP contribution is 2.37. The van der Waals surface area contributed by atoms with E-state index >= 15 is 0 Å². The number of hydrogen-bond acceptors (Lipinski definition) is 5. The van der Waals surface area contributed by atoms with Gasteiger partial charge in [0.25, 0.3) is 0 Å². The van der Waals surface area contributed by atoms with E-state index in [0.29, 0.717) is 51.2 Å². The van der Waals surface area contributed by atoms with E-state index in [-0.39, 0.29) is 30.3 Å². The minimum absolute atomic E-state index is 0.0629. The monoisotopic (exact) mass is 681 g/mol. The van der Waals surface area contributed by atoms with Gasteiger partial charge in [-0.1, -0.05) is 23.2 Å². The molecule has 0 aliphatic carbocycles. The maximum absolute atomic E-state index is 13.2. The molecule has 4 aromatic rings. The van der Waals surface area contributed by atoms with Crippen molar-refractivity contribution in [2.45, 2.75) is 31.6 Å². The molecule has 1 aliphatic rings. The Bertz CT molecular complexity index is 1790. The lowest BCUT2D eigenvalue weighted by atomic mass is 9.87. The highest BCUT2D eigenvalue weighted by atomic mass is 35.5. The number of allylic oxidation sites excluding steroid dienone is 1. The lowest BCUT2D eigenvalue weighted by molar-refractivity contribution is -0.137. The first-order valence-electron chi connectivity index (χ1n) is 14.5. The molecule has 0 aromatic heterocycles. The molecule has 0 fully saturated rings. The molecule has 1 atom stereocenters. The van der Waals surface area contributed by atoms with Crippen molar-refractivity contribution in [3.63, 3.8) is 0 Å². The van der Waals surface area contributed by atoms with Crippen molar-refractivity contribution < 1.29 is 37.7 Å². The summed E-state index contributed by atoms with van der Waals surface area (Å²) in [6.07, 6.45) is 0.836. The molecule has 1 amide bonds. The quantitative estimate of drug-likeness (QED) is 0.163. The summed E-state index contributed by atoms with van der Waals surface area (Å²) in [5.74, 6) is -1.71. The Morgan fingerprint density at radius 1 is 0.830 bits per heavy atom. The maximum atomic E-state index is 13.2. The number of Topliss-reactive ketones (excluding diaryl/α,β-unsaturated/α-hetero) is 1. The Kier molecular flexibility index (Phi) is 12.1. The molecule has 4 aromatic carbocycles. The van der Waals surface area contributed by atoms with Crippen molar-refractivity contribution in [2.24, 2.45) is 0 Å². The van der Waals surface area contributed by atoms with Gasteiger partial charge in [-0.25, -0.2) is 8.78 Å². The second kappa shape index (κ2) is 16.2. The molecule has 1 heterocycles. The number of amides is 1. The maximum Gasteiger partial charge on any atom is 0.303 e. The van der Waals surface area contributed by atoms with Gasteiger partial charge < -0.3 is 19.9 Å². The van der Waals surface area contributed by atoms with Crippen LogP contribution in [0.3, 0.4) is 0 Å². The van der Waals surface area contributed by atoms with Crippen LogP contribution >= 0.6 is 23.2 Å². The Morgan fingerprint density at radius 3 is 2.00 bits per heavy atom. The van der Waals surface area contributed by atoms with Crippen LogP contribution in [0.2, 0.25) is 10.0 Å². The van der Waals surface area contributed by atoms with E-state index < -0.39 is 17.7 Å². The largest absolute Gasteiger partial charge is 0.497 e. The second-order valence-electron chi connectivity index (χ2n) is 10.5. The van der Waals surface area contributed by atoms with E-state index in [4.69, 9.17) is 37.8 Å². The van der Waals surface area contributed by atoms with Gasteiger partial charge in [-0.3, -0.25) is 14.4 Å². The Hall–Kier alpha value is -4.73. The van der Waals surface area contributed by atoms with Crippen molar-refractivity contribution in [3.05, 3.63) is 129 Å². The second-order valence-corrected chi connectivity index (χ2v) is 11.3. The Labute approximate surface area is 280 Å². The summed E-state index contributed by atoms with van der Waals surface area (Å²) in [7, 11) is 3.08. The normalized spacial score (nSPS) is 13.2. The lowest BCUT2D eigenvalue weighted by Crippen LogP contribution is -2.26. The summed E-state index contributed by atoms with van der Waals surface area (Å²) in [5.41, 5.74) is 3.92. The molecule has 1 aliphatic heterocycles. The number of aliphatic carboxylic acids is 1. The summed E-state index contributed by atoms with van der Waals surface area (Å²) in [6, 6.07) is 21.4. The number of carboxylic acids is 1. The van der Waals surface area contributed by atoms with Gasteiger partial charge in [0.15, 0.2) is 5.78 Å². The molecule has 2 N–H and O–H groups in total. The van der Waals surface area contributed by atoms with Crippen LogP contribution in [-0.2, 0) is 9.59 Å². The minimum Gasteiger partial charge on any atom is -0.497 e. The number of ether oxygens (including phenoxy) is 2. The molecule has 244 valence electrons. The third kappa shape index (κ3) is 9.18. The lowest BCUT2D eigenvalue weighted by Gasteiger charge is -2.23. The smallest absolute Gasteiger partial charge is 0.303 e. The standard InChI is InChI=1S/C18H15ClFNO2.C18H16ClFO4/c1-23-13-6-8-16(19)15(10-13)14-7-9-17(22)21-18(14)11-2-4-12(20)5-3-11;1-24-13-6-8-16(19)15(10-13)14(7-9-17(21)22)18(23)11-2-4-12(20)5-3-11/h2-6,8,10H,7,9H2,1H3,(H,21,22);2-6,8,10,14H,7,9H2,1H3,(H,21,22). The van der Waals surface area contributed by atoms with Crippen LogP contribution in [0, 0.1) is 11.6 Å². The average molecular weight is 683 g/mol. The number of carbonyl (C=O) groups excluding carboxylic acids is 2. The van der Waals surface area contributed by atoms with Gasteiger partial charge in [-0.2, -0.15) is 0 Å². The summed E-state index contributed by atoms with van der Waals surface area (Å²) in [6.45, 7) is 0. The molecule has 0 radical (unpaired) electrons. The van der Waals surface area contributed by atoms with Crippen molar-refractivity contribution >= 4 is 52.1 Å². The fourth-order valence-electron chi connectivity index (χ4n) is 5.06. The van der Waals surface area contributed by atoms with Crippen LogP contribution in [0.4, 0.5) is 8.78 Å². The third-order valence-corrected chi connectivity index (χ3v) is 8.14. The van der Waals surface area contributed by atoms with Gasteiger partial charge >= 0.3 is 5.97 Å². The number of benzene rings is 4. The number of halogens is 4. The van der Waals surface area contributed by atoms with E-state index in [1.807, 2.05) is 6.07 Å². The van der Waals surface area contributed by atoms with Gasteiger partial charge in [-0.05, 0) is 114 Å². The van der Waals surface area contributed by atoms with Gasteiger partial charge in [0.1, 0.15) is 23.1 Å². The summed E-state index contributed by atoms with van der Waals surface area (Å²) in [4.78, 5) is 35.6. The molecule has 1 unspecified atom stereocenters. The molecule has 7 nitrogen and oxygen atoms in total. The summed E-state index contributed by atoms with van der Waals surface area (Å²) < 4.78 is 36.6. The fourth-order valence-corrected chi connectivity index (χ4v) is 5.54. The number of carboxylic acid groups (broad SMARTS) is 1. The van der Waals surface area contributed by atoms with Crippen LogP contribution in [0.15, 0.2) is 84.9 Å². The number of methoxy groups -OCH3 is 2. The first kappa shape index (κ1) is 35.1. The van der Waals surface area contributed by atoms with E-state index in [1.54, 1.807) is 49.6 Å². The van der Waals surface area contributed by atoms with Gasteiger partial charge in [-0.15, -0.1) is 0 Å². The molecule has 0 bridgehead atoms. The molecule has 11 heteroatoms. The highest BCUT2D eigenvalue weighted by Gasteiger charge is 2.26. The van der Waals surface area contributed by atoms with Crippen molar-refractivity contribution in [3.8, 4) is 11.5 Å². The van der Waals surface area contributed by atoms with E-state index in [9.17, 15) is 23.2 Å². The highest BCUT2D eigenvalue weighted by molar-refractivity contribution is 6.33. The van der Waals surface area contributed by atoms with Gasteiger partial charge in [0.2, 0.25) is 5.91 Å². The number of carbonyl (C=O) groups is 3. The van der Waals surface area contributed by atoms with Crippen LogP contribution < -0.4 is 14.8 Å². The molecular formula is C36H31Cl2F2NO6. The van der Waals surface area contributed by atoms with Crippen LogP contribution in [0.1, 0.15) is 58.6 Å². The van der Waals surface area contributed by atoms with E-state index in [2.05, 4.69) is 5.32 Å². The first-order valence-corrected chi connectivity index (χ1v) is 15.2. The van der Waals surface area contributed by atoms with Crippen molar-refractivity contribution in [2.75, 3.05) is 14.2 Å².